The summed E-state index contributed by atoms with van der Waals surface area (Å²) < 4.78 is 25.6. The number of hydrogen-bond donors (Lipinski definition) is 1. The van der Waals surface area contributed by atoms with Gasteiger partial charge in [-0.3, -0.25) is 0 Å². The zero-order chi connectivity index (χ0) is 14.8. The normalized spacial score (nSPS) is 17.2. The van der Waals surface area contributed by atoms with Gasteiger partial charge in [0.1, 0.15) is 11.5 Å². The Balaban J connectivity index is 2.06. The van der Waals surface area contributed by atoms with Crippen LogP contribution in [0.5, 0.6) is 5.75 Å². The molecule has 0 fully saturated rings. The van der Waals surface area contributed by atoms with Gasteiger partial charge in [0.25, 0.3) is 0 Å². The zero-order valence-corrected chi connectivity index (χ0v) is 12.9. The van der Waals surface area contributed by atoms with Crippen LogP contribution in [0.2, 0.25) is 0 Å². The molecule has 1 atom stereocenters. The Morgan fingerprint density at radius 2 is 1.75 bits per heavy atom. The summed E-state index contributed by atoms with van der Waals surface area (Å²) >= 11 is -1.94. The van der Waals surface area contributed by atoms with Gasteiger partial charge in [0.05, 0.1) is 4.90 Å². The molecule has 1 aromatic carbocycles. The summed E-state index contributed by atoms with van der Waals surface area (Å²) in [6, 6.07) is 6.64. The Labute approximate surface area is 122 Å². The Bertz CT molecular complexity index is 562. The van der Waals surface area contributed by atoms with Gasteiger partial charge in [0, 0.05) is 6.42 Å². The molecule has 0 spiro atoms. The molecule has 3 nitrogen and oxygen atoms in total. The summed E-state index contributed by atoms with van der Waals surface area (Å²) in [7, 11) is 0. The summed E-state index contributed by atoms with van der Waals surface area (Å²) in [6.07, 6.45) is 6.04. The molecule has 0 heterocycles. The predicted molar refractivity (Wildman–Crippen MR) is 81.0 cm³/mol. The van der Waals surface area contributed by atoms with E-state index in [1.807, 2.05) is 6.08 Å². The largest absolute Gasteiger partial charge is 0.462 e. The first-order valence-electron chi connectivity index (χ1n) is 6.65. The quantitative estimate of drug-likeness (QED) is 0.845. The van der Waals surface area contributed by atoms with Crippen molar-refractivity contribution in [2.75, 3.05) is 0 Å². The molecule has 0 amide bonds. The first-order chi connectivity index (χ1) is 9.36. The zero-order valence-electron chi connectivity index (χ0n) is 12.1. The standard InChI is InChI=1S/C16H20O3S/c1-16(2,3)12-4-6-13(7-5-12)19-14-8-10-15(11-9-14)20(17)18/h4,6,8-11H,5,7H2,1-3H3,(H,17,18). The minimum atomic E-state index is -1.94. The number of ether oxygens (including phenoxy) is 1. The SMILES string of the molecule is CC(C)(C)C1=CC=C(Oc2ccc(S(=O)O)cc2)CC1. The Hall–Kier alpha value is -1.39. The number of hydrogen-bond acceptors (Lipinski definition) is 2. The molecule has 0 saturated carbocycles. The lowest BCUT2D eigenvalue weighted by atomic mass is 9.82. The van der Waals surface area contributed by atoms with Crippen molar-refractivity contribution in [3.63, 3.8) is 0 Å². The third-order valence-corrected chi connectivity index (χ3v) is 4.02. The highest BCUT2D eigenvalue weighted by atomic mass is 32.2. The second kappa shape index (κ2) is 5.94. The van der Waals surface area contributed by atoms with E-state index in [0.29, 0.717) is 10.6 Å². The molecule has 0 radical (unpaired) electrons. The maximum absolute atomic E-state index is 10.9. The second-order valence-electron chi connectivity index (χ2n) is 5.90. The smallest absolute Gasteiger partial charge is 0.186 e. The summed E-state index contributed by atoms with van der Waals surface area (Å²) in [5.74, 6) is 1.62. The van der Waals surface area contributed by atoms with Crippen LogP contribution in [0.3, 0.4) is 0 Å². The molecule has 1 aliphatic rings. The van der Waals surface area contributed by atoms with Crippen molar-refractivity contribution >= 4 is 11.1 Å². The van der Waals surface area contributed by atoms with Gasteiger partial charge in [0.15, 0.2) is 11.1 Å². The molecule has 108 valence electrons. The molecule has 2 rings (SSSR count). The molecule has 0 aromatic heterocycles. The maximum atomic E-state index is 10.9. The highest BCUT2D eigenvalue weighted by Crippen LogP contribution is 2.33. The molecule has 1 N–H and O–H groups in total. The maximum Gasteiger partial charge on any atom is 0.186 e. The molecule has 20 heavy (non-hydrogen) atoms. The second-order valence-corrected chi connectivity index (χ2v) is 6.87. The van der Waals surface area contributed by atoms with Gasteiger partial charge in [-0.05, 0) is 42.2 Å². The molecule has 1 aromatic rings. The van der Waals surface area contributed by atoms with Crippen LogP contribution in [0.4, 0.5) is 0 Å². The van der Waals surface area contributed by atoms with Crippen LogP contribution in [-0.2, 0) is 11.1 Å². The van der Waals surface area contributed by atoms with Crippen LogP contribution in [0, 0.1) is 5.41 Å². The van der Waals surface area contributed by atoms with E-state index >= 15 is 0 Å². The van der Waals surface area contributed by atoms with E-state index in [0.717, 1.165) is 18.6 Å². The van der Waals surface area contributed by atoms with Crippen molar-refractivity contribution in [3.8, 4) is 5.75 Å². The molecule has 0 bridgehead atoms. The highest BCUT2D eigenvalue weighted by Gasteiger charge is 2.19. The van der Waals surface area contributed by atoms with Crippen molar-refractivity contribution in [2.24, 2.45) is 5.41 Å². The van der Waals surface area contributed by atoms with Crippen molar-refractivity contribution in [2.45, 2.75) is 38.5 Å². The lowest BCUT2D eigenvalue weighted by molar-refractivity contribution is 0.388. The van der Waals surface area contributed by atoms with Gasteiger partial charge in [-0.1, -0.05) is 32.4 Å². The summed E-state index contributed by atoms with van der Waals surface area (Å²) in [6.45, 7) is 6.64. The molecule has 1 unspecified atom stereocenters. The third kappa shape index (κ3) is 3.81. The minimum Gasteiger partial charge on any atom is -0.462 e. The van der Waals surface area contributed by atoms with E-state index in [2.05, 4.69) is 26.8 Å². The first-order valence-corrected chi connectivity index (χ1v) is 7.76. The number of rotatable bonds is 3. The van der Waals surface area contributed by atoms with Crippen molar-refractivity contribution in [3.05, 3.63) is 47.7 Å². The predicted octanol–water partition coefficient (Wildman–Crippen LogP) is 4.30. The van der Waals surface area contributed by atoms with Crippen LogP contribution in [0.1, 0.15) is 33.6 Å². The monoisotopic (exact) mass is 292 g/mol. The lowest BCUT2D eigenvalue weighted by Crippen LogP contribution is -2.12. The number of benzene rings is 1. The van der Waals surface area contributed by atoms with Crippen molar-refractivity contribution in [1.82, 2.24) is 0 Å². The third-order valence-electron chi connectivity index (χ3n) is 3.35. The molecule has 1 aliphatic carbocycles. The Morgan fingerprint density at radius 1 is 1.10 bits per heavy atom. The van der Waals surface area contributed by atoms with Crippen LogP contribution < -0.4 is 4.74 Å². The Kier molecular flexibility index (Phi) is 4.45. The summed E-state index contributed by atoms with van der Waals surface area (Å²) in [5, 5.41) is 0. The van der Waals surface area contributed by atoms with Gasteiger partial charge in [-0.15, -0.1) is 0 Å². The molecule has 4 heteroatoms. The van der Waals surface area contributed by atoms with Gasteiger partial charge in [-0.2, -0.15) is 0 Å². The van der Waals surface area contributed by atoms with E-state index in [1.54, 1.807) is 24.3 Å². The fourth-order valence-electron chi connectivity index (χ4n) is 2.10. The van der Waals surface area contributed by atoms with Crippen LogP contribution in [0.15, 0.2) is 52.6 Å². The van der Waals surface area contributed by atoms with E-state index in [1.165, 1.54) is 5.57 Å². The van der Waals surface area contributed by atoms with Gasteiger partial charge in [0.2, 0.25) is 0 Å². The van der Waals surface area contributed by atoms with E-state index in [9.17, 15) is 4.21 Å². The van der Waals surface area contributed by atoms with Crippen LogP contribution >= 0.6 is 0 Å². The van der Waals surface area contributed by atoms with Gasteiger partial charge >= 0.3 is 0 Å². The van der Waals surface area contributed by atoms with Crippen molar-refractivity contribution < 1.29 is 13.5 Å². The molecular weight excluding hydrogens is 272 g/mol. The van der Waals surface area contributed by atoms with Gasteiger partial charge in [-0.25, -0.2) is 4.21 Å². The highest BCUT2D eigenvalue weighted by molar-refractivity contribution is 7.79. The fourth-order valence-corrected chi connectivity index (χ4v) is 2.47. The average Bonchev–Trinajstić information content (AvgIpc) is 2.39. The van der Waals surface area contributed by atoms with Crippen molar-refractivity contribution in [1.29, 1.82) is 0 Å². The van der Waals surface area contributed by atoms with E-state index in [4.69, 9.17) is 9.29 Å². The summed E-state index contributed by atoms with van der Waals surface area (Å²) in [5.41, 5.74) is 1.63. The Morgan fingerprint density at radius 3 is 2.20 bits per heavy atom. The molecular formula is C16H20O3S. The minimum absolute atomic E-state index is 0.203. The van der Waals surface area contributed by atoms with E-state index in [-0.39, 0.29) is 5.41 Å². The van der Waals surface area contributed by atoms with Crippen LogP contribution in [-0.4, -0.2) is 8.76 Å². The topological polar surface area (TPSA) is 46.5 Å². The average molecular weight is 292 g/mol. The van der Waals surface area contributed by atoms with Crippen LogP contribution in [0.25, 0.3) is 0 Å². The first kappa shape index (κ1) is 15.0. The van der Waals surface area contributed by atoms with Gasteiger partial charge < -0.3 is 9.29 Å². The van der Waals surface area contributed by atoms with E-state index < -0.39 is 11.1 Å². The molecule has 0 aliphatic heterocycles. The molecule has 0 saturated heterocycles. The lowest BCUT2D eigenvalue weighted by Gasteiger charge is -2.25. The summed E-state index contributed by atoms with van der Waals surface area (Å²) in [4.78, 5) is 0.380. The number of allylic oxidation sites excluding steroid dienone is 4. The fraction of sp³-hybridized carbons (Fsp3) is 0.375.